The minimum Gasteiger partial charge on any atom is -0.320 e. The summed E-state index contributed by atoms with van der Waals surface area (Å²) in [6.07, 6.45) is 0.893. The Kier molecular flexibility index (Phi) is 3.40. The molecule has 1 atom stereocenters. The van der Waals surface area contributed by atoms with Gasteiger partial charge in [0, 0.05) is 6.26 Å². The standard InChI is InChI=1S/C3H9O4PS/c1-3-7-8(4)9(2,5)6/h8H,3H2,1-2H3. The van der Waals surface area contributed by atoms with Crippen LogP contribution in [-0.4, -0.2) is 21.3 Å². The first-order valence-electron chi connectivity index (χ1n) is 2.35. The summed E-state index contributed by atoms with van der Waals surface area (Å²) in [6.45, 7) is 1.76. The minimum atomic E-state index is -3.44. The van der Waals surface area contributed by atoms with Gasteiger partial charge in [0.1, 0.15) is 0 Å². The topological polar surface area (TPSA) is 60.4 Å². The molecule has 0 aliphatic rings. The molecular formula is C3H9O4PS. The predicted molar refractivity (Wildman–Crippen MR) is 35.5 cm³/mol. The first-order chi connectivity index (χ1) is 3.98. The Bertz CT molecular complexity index is 194. The van der Waals surface area contributed by atoms with Gasteiger partial charge in [-0.1, -0.05) is 0 Å². The van der Waals surface area contributed by atoms with Crippen LogP contribution in [0.25, 0.3) is 0 Å². The average molecular weight is 172 g/mol. The summed E-state index contributed by atoms with van der Waals surface area (Å²) >= 11 is 0. The van der Waals surface area contributed by atoms with Crippen LogP contribution in [-0.2, 0) is 18.5 Å². The van der Waals surface area contributed by atoms with E-state index in [9.17, 15) is 13.0 Å². The van der Waals surface area contributed by atoms with Crippen molar-refractivity contribution in [2.24, 2.45) is 0 Å². The van der Waals surface area contributed by atoms with Crippen LogP contribution in [0, 0.1) is 0 Å². The molecule has 0 aliphatic heterocycles. The Hall–Kier alpha value is 0.140. The van der Waals surface area contributed by atoms with Crippen LogP contribution in [0.5, 0.6) is 0 Å². The summed E-state index contributed by atoms with van der Waals surface area (Å²) in [5.74, 6) is 0. The van der Waals surface area contributed by atoms with Crippen molar-refractivity contribution >= 4 is 16.7 Å². The molecule has 1 unspecified atom stereocenters. The maximum atomic E-state index is 10.4. The molecule has 0 saturated carbocycles. The van der Waals surface area contributed by atoms with E-state index in [1.807, 2.05) is 0 Å². The molecule has 0 aromatic heterocycles. The van der Waals surface area contributed by atoms with Crippen molar-refractivity contribution in [2.45, 2.75) is 6.92 Å². The highest BCUT2D eigenvalue weighted by atomic mass is 32.8. The fourth-order valence-corrected chi connectivity index (χ4v) is 1.67. The van der Waals surface area contributed by atoms with Crippen molar-refractivity contribution < 1.29 is 17.5 Å². The Morgan fingerprint density at radius 2 is 2.00 bits per heavy atom. The van der Waals surface area contributed by atoms with Crippen molar-refractivity contribution in [3.05, 3.63) is 0 Å². The molecule has 0 fully saturated rings. The van der Waals surface area contributed by atoms with Crippen molar-refractivity contribution in [2.75, 3.05) is 12.9 Å². The van der Waals surface area contributed by atoms with E-state index in [1.165, 1.54) is 0 Å². The zero-order chi connectivity index (χ0) is 7.49. The molecule has 0 spiro atoms. The summed E-state index contributed by atoms with van der Waals surface area (Å²) in [5.41, 5.74) is 0. The Morgan fingerprint density at radius 1 is 1.56 bits per heavy atom. The quantitative estimate of drug-likeness (QED) is 0.580. The number of hydrogen-bond donors (Lipinski definition) is 0. The lowest BCUT2D eigenvalue weighted by atomic mass is 10.9. The molecule has 0 bridgehead atoms. The molecule has 6 heteroatoms. The van der Waals surface area contributed by atoms with E-state index in [1.54, 1.807) is 6.92 Å². The van der Waals surface area contributed by atoms with E-state index in [2.05, 4.69) is 4.52 Å². The normalized spacial score (nSPS) is 15.3. The first kappa shape index (κ1) is 9.14. The lowest BCUT2D eigenvalue weighted by Crippen LogP contribution is -1.90. The summed E-state index contributed by atoms with van der Waals surface area (Å²) in [5, 5.41) is 0. The van der Waals surface area contributed by atoms with Gasteiger partial charge < -0.3 is 4.52 Å². The van der Waals surface area contributed by atoms with Gasteiger partial charge in [0.25, 0.3) is 0 Å². The van der Waals surface area contributed by atoms with Crippen LogP contribution in [0.2, 0.25) is 0 Å². The Balaban J connectivity index is 4.08. The average Bonchev–Trinajstić information content (AvgIpc) is 1.64. The van der Waals surface area contributed by atoms with Crippen LogP contribution in [0.15, 0.2) is 0 Å². The molecule has 9 heavy (non-hydrogen) atoms. The third kappa shape index (κ3) is 3.67. The Morgan fingerprint density at radius 3 is 2.11 bits per heavy atom. The highest BCUT2D eigenvalue weighted by Gasteiger charge is 2.11. The third-order valence-electron chi connectivity index (χ3n) is 0.565. The molecule has 4 nitrogen and oxygen atoms in total. The number of rotatable bonds is 3. The smallest absolute Gasteiger partial charge is 0.302 e. The van der Waals surface area contributed by atoms with Gasteiger partial charge in [-0.3, -0.25) is 4.57 Å². The first-order valence-corrected chi connectivity index (χ1v) is 6.28. The zero-order valence-corrected chi connectivity index (χ0v) is 7.06. The van der Waals surface area contributed by atoms with Crippen molar-refractivity contribution in [3.63, 3.8) is 0 Å². The minimum absolute atomic E-state index is 0.171. The molecule has 0 aromatic carbocycles. The second-order valence-electron chi connectivity index (χ2n) is 1.46. The van der Waals surface area contributed by atoms with Gasteiger partial charge in [-0.15, -0.1) is 0 Å². The van der Waals surface area contributed by atoms with Crippen LogP contribution in [0.1, 0.15) is 6.92 Å². The van der Waals surface area contributed by atoms with Gasteiger partial charge in [-0.2, -0.15) is 0 Å². The van der Waals surface area contributed by atoms with E-state index in [4.69, 9.17) is 0 Å². The highest BCUT2D eigenvalue weighted by molar-refractivity contribution is 8.44. The monoisotopic (exact) mass is 172 g/mol. The maximum absolute atomic E-state index is 10.4. The third-order valence-corrected chi connectivity index (χ3v) is 3.86. The lowest BCUT2D eigenvalue weighted by Gasteiger charge is -1.95. The maximum Gasteiger partial charge on any atom is 0.302 e. The summed E-state index contributed by atoms with van der Waals surface area (Å²) < 4.78 is 35.5. The van der Waals surface area contributed by atoms with E-state index in [-0.39, 0.29) is 6.61 Å². The number of hydrogen-bond acceptors (Lipinski definition) is 4. The fraction of sp³-hybridized carbons (Fsp3) is 1.00. The summed E-state index contributed by atoms with van der Waals surface area (Å²) in [6, 6.07) is 0. The molecule has 0 amide bonds. The zero-order valence-electron chi connectivity index (χ0n) is 5.25. The second kappa shape index (κ2) is 3.34. The van der Waals surface area contributed by atoms with Crippen LogP contribution in [0.3, 0.4) is 0 Å². The van der Waals surface area contributed by atoms with E-state index < -0.39 is 16.7 Å². The lowest BCUT2D eigenvalue weighted by molar-refractivity contribution is 0.359. The van der Waals surface area contributed by atoms with Gasteiger partial charge in [0.15, 0.2) is 0 Å². The molecule has 0 heterocycles. The second-order valence-corrected chi connectivity index (χ2v) is 7.01. The predicted octanol–water partition coefficient (Wildman–Crippen LogP) is 0.457. The van der Waals surface area contributed by atoms with Crippen molar-refractivity contribution in [3.8, 4) is 0 Å². The molecule has 0 N–H and O–H groups in total. The van der Waals surface area contributed by atoms with Crippen LogP contribution >= 0.6 is 7.23 Å². The van der Waals surface area contributed by atoms with Gasteiger partial charge in [-0.25, -0.2) is 8.42 Å². The molecule has 56 valence electrons. The molecule has 0 aromatic rings. The van der Waals surface area contributed by atoms with Gasteiger partial charge in [-0.05, 0) is 6.92 Å². The van der Waals surface area contributed by atoms with Gasteiger partial charge in [0.05, 0.1) is 6.61 Å². The molecule has 0 rings (SSSR count). The molecule has 0 saturated heterocycles. The van der Waals surface area contributed by atoms with Gasteiger partial charge in [0.2, 0.25) is 9.46 Å². The van der Waals surface area contributed by atoms with Crippen LogP contribution < -0.4 is 0 Å². The SMILES string of the molecule is CCO[PH](=O)S(C)(=O)=O. The van der Waals surface area contributed by atoms with Crippen LogP contribution in [0.4, 0.5) is 0 Å². The van der Waals surface area contributed by atoms with Crippen molar-refractivity contribution in [1.82, 2.24) is 0 Å². The van der Waals surface area contributed by atoms with E-state index in [0.717, 1.165) is 6.26 Å². The van der Waals surface area contributed by atoms with Crippen molar-refractivity contribution in [1.29, 1.82) is 0 Å². The largest absolute Gasteiger partial charge is 0.320 e. The van der Waals surface area contributed by atoms with E-state index >= 15 is 0 Å². The molecule has 0 radical (unpaired) electrons. The Labute approximate surface area is 54.7 Å². The molecular weight excluding hydrogens is 163 g/mol. The highest BCUT2D eigenvalue weighted by Crippen LogP contribution is 2.28. The van der Waals surface area contributed by atoms with E-state index in [0.29, 0.717) is 0 Å². The fourth-order valence-electron chi connectivity index (χ4n) is 0.225. The molecule has 0 aliphatic carbocycles. The summed E-state index contributed by atoms with van der Waals surface area (Å²) in [7, 11) is -6.27. The van der Waals surface area contributed by atoms with Gasteiger partial charge >= 0.3 is 7.23 Å². The summed E-state index contributed by atoms with van der Waals surface area (Å²) in [4.78, 5) is 0.